The van der Waals surface area contributed by atoms with E-state index in [9.17, 15) is 9.90 Å². The zero-order chi connectivity index (χ0) is 14.4. The van der Waals surface area contributed by atoms with Crippen LogP contribution in [-0.4, -0.2) is 42.0 Å². The summed E-state index contributed by atoms with van der Waals surface area (Å²) in [5.74, 6) is 0.0884. The summed E-state index contributed by atoms with van der Waals surface area (Å²) in [4.78, 5) is 15.0. The number of aryl methyl sites for hydroxylation is 1. The minimum atomic E-state index is -0.0826. The first kappa shape index (κ1) is 18.1. The first-order valence-electron chi connectivity index (χ1n) is 7.65. The molecule has 4 heteroatoms. The summed E-state index contributed by atoms with van der Waals surface area (Å²) in [6.45, 7) is 5.06. The fraction of sp³-hybridized carbons (Fsp3) is 0.588. The highest BCUT2D eigenvalue weighted by Gasteiger charge is 2.23. The van der Waals surface area contributed by atoms with Gasteiger partial charge < -0.3 is 10.0 Å². The van der Waals surface area contributed by atoms with Crippen molar-refractivity contribution in [2.75, 3.05) is 26.2 Å². The Hall–Kier alpha value is -0.900. The number of aliphatic hydroxyl groups excluding tert-OH is 1. The molecule has 1 N–H and O–H groups in total. The Labute approximate surface area is 133 Å². The van der Waals surface area contributed by atoms with Crippen molar-refractivity contribution in [1.29, 1.82) is 0 Å². The summed E-state index contributed by atoms with van der Waals surface area (Å²) >= 11 is 0. The molecule has 1 fully saturated rings. The molecule has 1 aliphatic rings. The van der Waals surface area contributed by atoms with Gasteiger partial charge >= 0.3 is 0 Å². The average molecular weight is 312 g/mol. The number of rotatable bonds is 6. The van der Waals surface area contributed by atoms with Gasteiger partial charge in [-0.2, -0.15) is 0 Å². The largest absolute Gasteiger partial charge is 0.396 e. The van der Waals surface area contributed by atoms with Gasteiger partial charge in [0.15, 0.2) is 5.78 Å². The number of aliphatic hydroxyl groups is 1. The number of hydrogen-bond acceptors (Lipinski definition) is 3. The van der Waals surface area contributed by atoms with Crippen LogP contribution in [0.2, 0.25) is 0 Å². The van der Waals surface area contributed by atoms with E-state index in [2.05, 4.69) is 4.90 Å². The van der Waals surface area contributed by atoms with Crippen LogP contribution in [0.3, 0.4) is 0 Å². The molecule has 0 aromatic heterocycles. The third kappa shape index (κ3) is 5.42. The third-order valence-corrected chi connectivity index (χ3v) is 4.11. The van der Waals surface area contributed by atoms with Crippen LogP contribution in [-0.2, 0) is 0 Å². The van der Waals surface area contributed by atoms with Crippen LogP contribution >= 0.6 is 12.4 Å². The molecular weight excluding hydrogens is 286 g/mol. The molecule has 3 nitrogen and oxygen atoms in total. The lowest BCUT2D eigenvalue weighted by atomic mass is 9.93. The topological polar surface area (TPSA) is 40.5 Å². The standard InChI is InChI=1S/C17H25NO2.ClH/c1-14-5-7-15(8-6-14)17(20)16(9-12-19)13-18-10-3-2-4-11-18;/h5-8,16,19H,2-4,9-13H2,1H3;1H. The zero-order valence-corrected chi connectivity index (χ0v) is 13.6. The Kier molecular flexibility index (Phi) is 7.94. The number of carbonyl (C=O) groups excluding carboxylic acids is 1. The second-order valence-corrected chi connectivity index (χ2v) is 5.80. The van der Waals surface area contributed by atoms with Crippen molar-refractivity contribution >= 4 is 18.2 Å². The van der Waals surface area contributed by atoms with Gasteiger partial charge in [-0.05, 0) is 39.3 Å². The van der Waals surface area contributed by atoms with E-state index in [1.165, 1.54) is 19.3 Å². The van der Waals surface area contributed by atoms with E-state index < -0.39 is 0 Å². The normalized spacial score (nSPS) is 17.0. The number of ketones is 1. The minimum absolute atomic E-state index is 0. The Morgan fingerprint density at radius 1 is 1.19 bits per heavy atom. The lowest BCUT2D eigenvalue weighted by Gasteiger charge is -2.29. The molecule has 1 aromatic carbocycles. The van der Waals surface area contributed by atoms with E-state index in [-0.39, 0.29) is 30.7 Å². The summed E-state index contributed by atoms with van der Waals surface area (Å²) in [7, 11) is 0. The van der Waals surface area contributed by atoms with Gasteiger partial charge in [0.05, 0.1) is 0 Å². The molecule has 0 radical (unpaired) electrons. The molecule has 0 saturated carbocycles. The molecule has 0 aliphatic carbocycles. The van der Waals surface area contributed by atoms with Crippen molar-refractivity contribution in [2.45, 2.75) is 32.6 Å². The SMILES string of the molecule is Cc1ccc(C(=O)C(CCO)CN2CCCCC2)cc1.Cl. The van der Waals surface area contributed by atoms with Crippen LogP contribution < -0.4 is 0 Å². The van der Waals surface area contributed by atoms with Crippen LogP contribution in [0.5, 0.6) is 0 Å². The van der Waals surface area contributed by atoms with Gasteiger partial charge in [0, 0.05) is 24.6 Å². The molecule has 1 atom stereocenters. The fourth-order valence-electron chi connectivity index (χ4n) is 2.87. The number of piperidine rings is 1. The maximum atomic E-state index is 12.6. The molecule has 2 rings (SSSR count). The van der Waals surface area contributed by atoms with E-state index in [1.807, 2.05) is 31.2 Å². The molecular formula is C17H26ClNO2. The van der Waals surface area contributed by atoms with Crippen molar-refractivity contribution in [3.8, 4) is 0 Å². The lowest BCUT2D eigenvalue weighted by Crippen LogP contribution is -2.37. The van der Waals surface area contributed by atoms with Crippen molar-refractivity contribution in [3.63, 3.8) is 0 Å². The van der Waals surface area contributed by atoms with Crippen LogP contribution in [0.1, 0.15) is 41.6 Å². The predicted octanol–water partition coefficient (Wildman–Crippen LogP) is 3.08. The van der Waals surface area contributed by atoms with E-state index in [4.69, 9.17) is 0 Å². The summed E-state index contributed by atoms with van der Waals surface area (Å²) < 4.78 is 0. The van der Waals surface area contributed by atoms with Crippen molar-refractivity contribution < 1.29 is 9.90 Å². The van der Waals surface area contributed by atoms with Crippen molar-refractivity contribution in [3.05, 3.63) is 35.4 Å². The summed E-state index contributed by atoms with van der Waals surface area (Å²) in [6.07, 6.45) is 4.31. The minimum Gasteiger partial charge on any atom is -0.396 e. The number of carbonyl (C=O) groups is 1. The monoisotopic (exact) mass is 311 g/mol. The molecule has 21 heavy (non-hydrogen) atoms. The van der Waals surface area contributed by atoms with Crippen molar-refractivity contribution in [1.82, 2.24) is 4.90 Å². The van der Waals surface area contributed by atoms with E-state index in [0.717, 1.165) is 30.8 Å². The third-order valence-electron chi connectivity index (χ3n) is 4.11. The quantitative estimate of drug-likeness (QED) is 0.821. The highest BCUT2D eigenvalue weighted by molar-refractivity contribution is 5.98. The van der Waals surface area contributed by atoms with Crippen molar-refractivity contribution in [2.24, 2.45) is 5.92 Å². The van der Waals surface area contributed by atoms with Crippen LogP contribution in [0, 0.1) is 12.8 Å². The molecule has 1 aromatic rings. The molecule has 1 saturated heterocycles. The Morgan fingerprint density at radius 2 is 1.81 bits per heavy atom. The van der Waals surface area contributed by atoms with Gasteiger partial charge in [0.1, 0.15) is 0 Å². The van der Waals surface area contributed by atoms with Gasteiger partial charge in [0.25, 0.3) is 0 Å². The number of likely N-dealkylation sites (tertiary alicyclic amines) is 1. The summed E-state index contributed by atoms with van der Waals surface area (Å²) in [5.41, 5.74) is 1.93. The smallest absolute Gasteiger partial charge is 0.167 e. The Morgan fingerprint density at radius 3 is 2.38 bits per heavy atom. The van der Waals surface area contributed by atoms with E-state index in [1.54, 1.807) is 0 Å². The van der Waals surface area contributed by atoms with Crippen LogP contribution in [0.4, 0.5) is 0 Å². The number of hydrogen-bond donors (Lipinski definition) is 1. The fourth-order valence-corrected chi connectivity index (χ4v) is 2.87. The summed E-state index contributed by atoms with van der Waals surface area (Å²) in [5, 5.41) is 9.24. The Bertz CT molecular complexity index is 427. The molecule has 1 aliphatic heterocycles. The second-order valence-electron chi connectivity index (χ2n) is 5.80. The average Bonchev–Trinajstić information content (AvgIpc) is 2.48. The molecule has 0 bridgehead atoms. The Balaban J connectivity index is 0.00000220. The molecule has 0 amide bonds. The first-order chi connectivity index (χ1) is 9.70. The number of halogens is 1. The lowest BCUT2D eigenvalue weighted by molar-refractivity contribution is 0.0833. The number of benzene rings is 1. The van der Waals surface area contributed by atoms with Gasteiger partial charge in [-0.25, -0.2) is 0 Å². The first-order valence-corrected chi connectivity index (χ1v) is 7.65. The predicted molar refractivity (Wildman–Crippen MR) is 88.2 cm³/mol. The maximum absolute atomic E-state index is 12.6. The van der Waals surface area contributed by atoms with Gasteiger partial charge in [0.2, 0.25) is 0 Å². The van der Waals surface area contributed by atoms with Gasteiger partial charge in [-0.1, -0.05) is 36.2 Å². The zero-order valence-electron chi connectivity index (χ0n) is 12.8. The highest BCUT2D eigenvalue weighted by Crippen LogP contribution is 2.17. The summed E-state index contributed by atoms with van der Waals surface area (Å²) in [6, 6.07) is 7.75. The number of nitrogens with zero attached hydrogens (tertiary/aromatic N) is 1. The highest BCUT2D eigenvalue weighted by atomic mass is 35.5. The van der Waals surface area contributed by atoms with Crippen LogP contribution in [0.25, 0.3) is 0 Å². The maximum Gasteiger partial charge on any atom is 0.167 e. The number of Topliss-reactive ketones (excluding diaryl/α,β-unsaturated/α-hetero) is 1. The molecule has 0 spiro atoms. The molecule has 1 heterocycles. The second kappa shape index (κ2) is 9.19. The van der Waals surface area contributed by atoms with Gasteiger partial charge in [-0.15, -0.1) is 12.4 Å². The van der Waals surface area contributed by atoms with Crippen LogP contribution in [0.15, 0.2) is 24.3 Å². The van der Waals surface area contributed by atoms with E-state index in [0.29, 0.717) is 6.42 Å². The van der Waals surface area contributed by atoms with E-state index >= 15 is 0 Å². The molecule has 1 unspecified atom stereocenters. The van der Waals surface area contributed by atoms with Gasteiger partial charge in [-0.3, -0.25) is 4.79 Å². The molecule has 118 valence electrons.